The van der Waals surface area contributed by atoms with E-state index in [1.165, 1.54) is 0 Å². The molecule has 0 fully saturated rings. The zero-order valence-corrected chi connectivity index (χ0v) is 8.58. The van der Waals surface area contributed by atoms with Crippen molar-refractivity contribution in [3.8, 4) is 0 Å². The van der Waals surface area contributed by atoms with Crippen molar-refractivity contribution in [2.24, 2.45) is 0 Å². The van der Waals surface area contributed by atoms with Gasteiger partial charge in [-0.25, -0.2) is 0 Å². The minimum atomic E-state index is 0.443. The summed E-state index contributed by atoms with van der Waals surface area (Å²) in [6, 6.07) is 0. The Morgan fingerprint density at radius 1 is 0.700 bits per heavy atom. The van der Waals surface area contributed by atoms with Gasteiger partial charge in [0.1, 0.15) is 7.85 Å². The molecule has 0 radical (unpaired) electrons. The van der Waals surface area contributed by atoms with Crippen LogP contribution in [0, 0.1) is 0 Å². The highest BCUT2D eigenvalue weighted by Crippen LogP contribution is 2.40. The molecule has 10 heavy (non-hydrogen) atoms. The smallest absolute Gasteiger partial charge is 0.101 e. The highest BCUT2D eigenvalue weighted by molar-refractivity contribution is 6.68. The summed E-state index contributed by atoms with van der Waals surface area (Å²) in [6.07, 6.45) is 0. The first-order valence-electron chi connectivity index (χ1n) is 4.15. The summed E-state index contributed by atoms with van der Waals surface area (Å²) in [4.78, 5) is 0. The predicted octanol–water partition coefficient (Wildman–Crippen LogP) is -5.65. The normalized spacial score (nSPS) is 13.7. The molecule has 0 saturated carbocycles. The number of hydrogen-bond acceptors (Lipinski definition) is 0. The first-order valence-corrected chi connectivity index (χ1v) is 4.15. The summed E-state index contributed by atoms with van der Waals surface area (Å²) < 4.78 is 0. The SMILES string of the molecule is BC(C(B)(B)B)C(B)(B)B. The molecule has 0 heterocycles. The fourth-order valence-corrected chi connectivity index (χ4v) is 1.30. The summed E-state index contributed by atoms with van der Waals surface area (Å²) in [5.41, 5.74) is 0. The largest absolute Gasteiger partial charge is 0.117 e. The first kappa shape index (κ1) is 10.5. The molecule has 0 aromatic heterocycles. The Hall–Kier alpha value is 0.455. The van der Waals surface area contributed by atoms with Crippen LogP contribution in [0.1, 0.15) is 0 Å². The first-order chi connectivity index (χ1) is 4.15. The summed E-state index contributed by atoms with van der Waals surface area (Å²) in [7, 11) is 16.2. The maximum atomic E-state index is 2.33. The molecule has 0 spiro atoms. The van der Waals surface area contributed by atoms with Crippen molar-refractivity contribution < 1.29 is 0 Å². The molecule has 7 heteroatoms. The van der Waals surface area contributed by atoms with E-state index in [2.05, 4.69) is 54.9 Å². The van der Waals surface area contributed by atoms with Gasteiger partial charge in [0.2, 0.25) is 0 Å². The van der Waals surface area contributed by atoms with Gasteiger partial charge in [-0.1, -0.05) is 5.82 Å². The van der Waals surface area contributed by atoms with Gasteiger partial charge in [-0.05, 0) is 0 Å². The van der Waals surface area contributed by atoms with Crippen molar-refractivity contribution in [3.63, 3.8) is 0 Å². The highest BCUT2D eigenvalue weighted by Gasteiger charge is 2.29. The lowest BCUT2D eigenvalue weighted by molar-refractivity contribution is 0.857. The Kier molecular flexibility index (Phi) is 2.96. The fourth-order valence-electron chi connectivity index (χ4n) is 1.30. The second kappa shape index (κ2) is 2.83. The Morgan fingerprint density at radius 3 is 0.900 bits per heavy atom. The Bertz CT molecular complexity index is 93.0. The van der Waals surface area contributed by atoms with Crippen LogP contribution in [0.15, 0.2) is 0 Å². The van der Waals surface area contributed by atoms with Gasteiger partial charge < -0.3 is 0 Å². The minimum Gasteiger partial charge on any atom is -0.117 e. The van der Waals surface area contributed by atoms with Crippen molar-refractivity contribution in [1.29, 1.82) is 0 Å². The third-order valence-electron chi connectivity index (χ3n) is 2.60. The van der Waals surface area contributed by atoms with Crippen molar-refractivity contribution in [2.45, 2.75) is 16.0 Å². The molecule has 0 aromatic rings. The van der Waals surface area contributed by atoms with Gasteiger partial charge in [0.05, 0.1) is 47.1 Å². The summed E-state index contributed by atoms with van der Waals surface area (Å²) in [5, 5.41) is 0.885. The number of hydrogen-bond donors (Lipinski definition) is 0. The maximum absolute atomic E-state index is 2.33. The van der Waals surface area contributed by atoms with Gasteiger partial charge in [0.15, 0.2) is 0 Å². The van der Waals surface area contributed by atoms with Gasteiger partial charge in [-0.3, -0.25) is 0 Å². The van der Waals surface area contributed by atoms with E-state index in [-0.39, 0.29) is 0 Å². The highest BCUT2D eigenvalue weighted by atomic mass is 14.1. The molecule has 0 aromatic carbocycles. The third kappa shape index (κ3) is 3.03. The molecular weight excluding hydrogens is 112 g/mol. The molecular formula is C3H15B7. The lowest BCUT2D eigenvalue weighted by atomic mass is 9.22. The van der Waals surface area contributed by atoms with Crippen LogP contribution in [0.4, 0.5) is 0 Å². The predicted molar refractivity (Wildman–Crippen MR) is 68.9 cm³/mol. The van der Waals surface area contributed by atoms with E-state index in [9.17, 15) is 0 Å². The van der Waals surface area contributed by atoms with Crippen LogP contribution in [-0.4, -0.2) is 54.9 Å². The van der Waals surface area contributed by atoms with Crippen molar-refractivity contribution in [3.05, 3.63) is 0 Å². The van der Waals surface area contributed by atoms with Gasteiger partial charge in [-0.2, -0.15) is 0 Å². The molecule has 0 amide bonds. The van der Waals surface area contributed by atoms with Gasteiger partial charge in [0, 0.05) is 0 Å². The van der Waals surface area contributed by atoms with Crippen LogP contribution in [0.3, 0.4) is 0 Å². The van der Waals surface area contributed by atoms with Gasteiger partial charge in [-0.15, -0.1) is 10.2 Å². The Balaban J connectivity index is 4.23. The molecule has 0 aliphatic heterocycles. The monoisotopic (exact) mass is 128 g/mol. The van der Waals surface area contributed by atoms with Crippen molar-refractivity contribution in [2.75, 3.05) is 0 Å². The molecule has 0 aliphatic rings. The maximum Gasteiger partial charge on any atom is 0.101 e. The van der Waals surface area contributed by atoms with Crippen LogP contribution in [0.5, 0.6) is 0 Å². The van der Waals surface area contributed by atoms with Gasteiger partial charge in [0.25, 0.3) is 0 Å². The number of rotatable bonds is 2. The Morgan fingerprint density at radius 2 is 0.900 bits per heavy atom. The average Bonchev–Trinajstić information content (AvgIpc) is 1.59. The fraction of sp³-hybridized carbons (Fsp3) is 1.00. The molecule has 0 rings (SSSR count). The van der Waals surface area contributed by atoms with E-state index in [1.807, 2.05) is 0 Å². The van der Waals surface area contributed by atoms with Crippen molar-refractivity contribution >= 4 is 54.9 Å². The van der Waals surface area contributed by atoms with Crippen LogP contribution in [0.2, 0.25) is 16.0 Å². The minimum absolute atomic E-state index is 0.443. The van der Waals surface area contributed by atoms with Crippen LogP contribution >= 0.6 is 0 Å². The lowest BCUT2D eigenvalue weighted by Crippen LogP contribution is -2.32. The quantitative estimate of drug-likeness (QED) is 0.324. The average molecular weight is 127 g/mol. The summed E-state index contributed by atoms with van der Waals surface area (Å²) >= 11 is 0. The molecule has 48 valence electrons. The van der Waals surface area contributed by atoms with E-state index in [0.717, 1.165) is 5.82 Å². The Labute approximate surface area is 71.5 Å². The van der Waals surface area contributed by atoms with Crippen molar-refractivity contribution in [1.82, 2.24) is 0 Å². The topological polar surface area (TPSA) is 0 Å². The summed E-state index contributed by atoms with van der Waals surface area (Å²) in [5.74, 6) is 0.764. The zero-order valence-electron chi connectivity index (χ0n) is 8.58. The zero-order chi connectivity index (χ0) is 8.58. The molecule has 0 N–H and O–H groups in total. The second-order valence-corrected chi connectivity index (χ2v) is 5.45. The van der Waals surface area contributed by atoms with E-state index >= 15 is 0 Å². The van der Waals surface area contributed by atoms with E-state index in [1.54, 1.807) is 0 Å². The van der Waals surface area contributed by atoms with Crippen LogP contribution in [-0.2, 0) is 0 Å². The van der Waals surface area contributed by atoms with Crippen LogP contribution in [0.25, 0.3) is 0 Å². The third-order valence-corrected chi connectivity index (χ3v) is 2.60. The lowest BCUT2D eigenvalue weighted by Gasteiger charge is -2.39. The van der Waals surface area contributed by atoms with Crippen LogP contribution < -0.4 is 0 Å². The second-order valence-electron chi connectivity index (χ2n) is 5.45. The molecule has 0 aliphatic carbocycles. The molecule has 0 nitrogen and oxygen atoms in total. The van der Waals surface area contributed by atoms with E-state index in [0.29, 0.717) is 10.2 Å². The van der Waals surface area contributed by atoms with Gasteiger partial charge >= 0.3 is 0 Å². The molecule has 0 unspecified atom stereocenters. The van der Waals surface area contributed by atoms with E-state index in [4.69, 9.17) is 0 Å². The molecule has 0 atom stereocenters. The molecule has 0 bridgehead atoms. The standard InChI is InChI=1S/C3H15B7/c4-1(2(5,6)7)3(8,9)10/h1H,4-10H2. The van der Waals surface area contributed by atoms with E-state index < -0.39 is 0 Å². The summed E-state index contributed by atoms with van der Waals surface area (Å²) in [6.45, 7) is 0. The molecule has 0 saturated heterocycles.